The smallest absolute Gasteiger partial charge is 0.336 e. The van der Waals surface area contributed by atoms with Crippen LogP contribution in [0.2, 0.25) is 0 Å². The summed E-state index contributed by atoms with van der Waals surface area (Å²) < 4.78 is 0. The molecule has 0 aromatic rings. The van der Waals surface area contributed by atoms with Gasteiger partial charge in [-0.3, -0.25) is 4.90 Å². The first-order valence-corrected chi connectivity index (χ1v) is 5.69. The van der Waals surface area contributed by atoms with Crippen LogP contribution in [0.1, 0.15) is 26.7 Å². The Bertz CT molecular complexity index is 244. The quantitative estimate of drug-likeness (QED) is 0.630. The Morgan fingerprint density at radius 1 is 1.50 bits per heavy atom. The molecular formula is C11H21NO4. The monoisotopic (exact) mass is 231 g/mol. The van der Waals surface area contributed by atoms with E-state index in [2.05, 4.69) is 0 Å². The molecule has 1 heterocycles. The zero-order chi connectivity index (χ0) is 12.3. The Labute approximate surface area is 95.7 Å². The van der Waals surface area contributed by atoms with E-state index in [1.165, 1.54) is 6.92 Å². The first-order chi connectivity index (χ1) is 7.33. The molecule has 0 aliphatic carbocycles. The largest absolute Gasteiger partial charge is 0.479 e. The number of nitrogens with zero attached hydrogens (tertiary/aromatic N) is 1. The van der Waals surface area contributed by atoms with Gasteiger partial charge in [0.1, 0.15) is 0 Å². The minimum absolute atomic E-state index is 0.148. The van der Waals surface area contributed by atoms with Crippen molar-refractivity contribution in [2.75, 3.05) is 19.6 Å². The molecule has 1 aliphatic heterocycles. The average molecular weight is 231 g/mol. The van der Waals surface area contributed by atoms with Crippen molar-refractivity contribution in [1.82, 2.24) is 4.90 Å². The Kier molecular flexibility index (Phi) is 4.29. The molecule has 1 rings (SSSR count). The van der Waals surface area contributed by atoms with Crippen molar-refractivity contribution in [3.63, 3.8) is 0 Å². The lowest BCUT2D eigenvalue weighted by atomic mass is 9.91. The fourth-order valence-electron chi connectivity index (χ4n) is 2.10. The molecular weight excluding hydrogens is 210 g/mol. The zero-order valence-electron chi connectivity index (χ0n) is 9.89. The first kappa shape index (κ1) is 13.4. The molecule has 1 fully saturated rings. The molecule has 1 aliphatic rings. The zero-order valence-corrected chi connectivity index (χ0v) is 9.89. The lowest BCUT2D eigenvalue weighted by molar-refractivity contribution is -0.158. The van der Waals surface area contributed by atoms with Crippen molar-refractivity contribution in [3.8, 4) is 0 Å². The third-order valence-corrected chi connectivity index (χ3v) is 3.31. The number of carbonyl (C=O) groups is 1. The molecule has 0 aromatic carbocycles. The summed E-state index contributed by atoms with van der Waals surface area (Å²) in [4.78, 5) is 12.7. The van der Waals surface area contributed by atoms with Crippen LogP contribution in [-0.4, -0.2) is 57.5 Å². The maximum absolute atomic E-state index is 10.8. The van der Waals surface area contributed by atoms with E-state index in [9.17, 15) is 15.0 Å². The van der Waals surface area contributed by atoms with E-state index in [-0.39, 0.29) is 12.6 Å². The normalized spacial score (nSPS) is 25.0. The van der Waals surface area contributed by atoms with E-state index < -0.39 is 11.6 Å². The molecule has 0 amide bonds. The van der Waals surface area contributed by atoms with Gasteiger partial charge in [0.15, 0.2) is 5.60 Å². The first-order valence-electron chi connectivity index (χ1n) is 5.69. The topological polar surface area (TPSA) is 81.0 Å². The molecule has 0 spiro atoms. The molecule has 94 valence electrons. The van der Waals surface area contributed by atoms with Gasteiger partial charge in [-0.15, -0.1) is 0 Å². The molecule has 3 N–H and O–H groups in total. The van der Waals surface area contributed by atoms with Crippen LogP contribution in [-0.2, 0) is 4.79 Å². The number of hydrogen-bond donors (Lipinski definition) is 3. The number of carboxylic acid groups (broad SMARTS) is 1. The SMILES string of the molecule is CC(O)C1CCN(CC(C)(O)C(=O)O)CC1. The minimum atomic E-state index is -1.68. The van der Waals surface area contributed by atoms with Gasteiger partial charge in [-0.25, -0.2) is 4.79 Å². The Balaban J connectivity index is 2.40. The number of aliphatic hydroxyl groups excluding tert-OH is 1. The highest BCUT2D eigenvalue weighted by Gasteiger charge is 2.34. The predicted molar refractivity (Wildman–Crippen MR) is 59.1 cm³/mol. The van der Waals surface area contributed by atoms with Crippen LogP contribution in [0.3, 0.4) is 0 Å². The summed E-state index contributed by atoms with van der Waals surface area (Å²) in [5, 5.41) is 27.8. The fraction of sp³-hybridized carbons (Fsp3) is 0.909. The second kappa shape index (κ2) is 5.12. The standard InChI is InChI=1S/C11H21NO4/c1-8(13)9-3-5-12(6-4-9)7-11(2,16)10(14)15/h8-9,13,16H,3-7H2,1-2H3,(H,14,15). The van der Waals surface area contributed by atoms with Crippen LogP contribution in [0.5, 0.6) is 0 Å². The minimum Gasteiger partial charge on any atom is -0.479 e. The number of rotatable bonds is 4. The van der Waals surface area contributed by atoms with Gasteiger partial charge in [0.05, 0.1) is 6.10 Å². The lowest BCUT2D eigenvalue weighted by Crippen LogP contribution is -2.49. The summed E-state index contributed by atoms with van der Waals surface area (Å²) in [6.07, 6.45) is 1.41. The molecule has 2 atom stereocenters. The average Bonchev–Trinajstić information content (AvgIpc) is 2.17. The summed E-state index contributed by atoms with van der Waals surface area (Å²) in [5.41, 5.74) is -1.68. The van der Waals surface area contributed by atoms with E-state index in [1.807, 2.05) is 4.90 Å². The Morgan fingerprint density at radius 3 is 2.38 bits per heavy atom. The van der Waals surface area contributed by atoms with Crippen molar-refractivity contribution in [1.29, 1.82) is 0 Å². The highest BCUT2D eigenvalue weighted by atomic mass is 16.4. The molecule has 5 heteroatoms. The number of aliphatic hydroxyl groups is 2. The van der Waals surface area contributed by atoms with Crippen LogP contribution < -0.4 is 0 Å². The lowest BCUT2D eigenvalue weighted by Gasteiger charge is -2.35. The highest BCUT2D eigenvalue weighted by molar-refractivity contribution is 5.76. The third-order valence-electron chi connectivity index (χ3n) is 3.31. The van der Waals surface area contributed by atoms with Crippen LogP contribution in [0.15, 0.2) is 0 Å². The van der Waals surface area contributed by atoms with Crippen molar-refractivity contribution in [2.24, 2.45) is 5.92 Å². The molecule has 1 saturated heterocycles. The van der Waals surface area contributed by atoms with Crippen LogP contribution in [0, 0.1) is 5.92 Å². The highest BCUT2D eigenvalue weighted by Crippen LogP contribution is 2.21. The van der Waals surface area contributed by atoms with Crippen LogP contribution >= 0.6 is 0 Å². The van der Waals surface area contributed by atoms with Gasteiger partial charge in [0, 0.05) is 6.54 Å². The van der Waals surface area contributed by atoms with E-state index >= 15 is 0 Å². The number of carboxylic acids is 1. The number of piperidine rings is 1. The molecule has 0 aromatic heterocycles. The summed E-state index contributed by atoms with van der Waals surface area (Å²) in [5.74, 6) is -0.892. The number of likely N-dealkylation sites (tertiary alicyclic amines) is 1. The molecule has 5 nitrogen and oxygen atoms in total. The Morgan fingerprint density at radius 2 is 2.00 bits per heavy atom. The van der Waals surface area contributed by atoms with Crippen LogP contribution in [0.25, 0.3) is 0 Å². The van der Waals surface area contributed by atoms with E-state index in [0.717, 1.165) is 25.9 Å². The van der Waals surface area contributed by atoms with Gasteiger partial charge in [0.25, 0.3) is 0 Å². The number of hydrogen-bond acceptors (Lipinski definition) is 4. The second-order valence-corrected chi connectivity index (χ2v) is 4.93. The van der Waals surface area contributed by atoms with Crippen molar-refractivity contribution in [3.05, 3.63) is 0 Å². The summed E-state index contributed by atoms with van der Waals surface area (Å²) >= 11 is 0. The molecule has 2 unspecified atom stereocenters. The number of β-amino-alcohol motifs (C(OH)–C–C–N with tert-alkyl or cyclic N) is 1. The summed E-state index contributed by atoms with van der Waals surface area (Å²) in [6.45, 7) is 4.72. The van der Waals surface area contributed by atoms with E-state index in [4.69, 9.17) is 5.11 Å². The maximum atomic E-state index is 10.8. The van der Waals surface area contributed by atoms with Crippen molar-refractivity contribution >= 4 is 5.97 Å². The second-order valence-electron chi connectivity index (χ2n) is 4.93. The van der Waals surface area contributed by atoms with Gasteiger partial charge >= 0.3 is 5.97 Å². The molecule has 0 radical (unpaired) electrons. The number of aliphatic carboxylic acids is 1. The Hall–Kier alpha value is -0.650. The van der Waals surface area contributed by atoms with Crippen molar-refractivity contribution in [2.45, 2.75) is 38.4 Å². The molecule has 0 bridgehead atoms. The van der Waals surface area contributed by atoms with E-state index in [0.29, 0.717) is 5.92 Å². The van der Waals surface area contributed by atoms with Gasteiger partial charge < -0.3 is 15.3 Å². The van der Waals surface area contributed by atoms with Crippen LogP contribution in [0.4, 0.5) is 0 Å². The van der Waals surface area contributed by atoms with Gasteiger partial charge in [-0.1, -0.05) is 0 Å². The molecule has 16 heavy (non-hydrogen) atoms. The summed E-state index contributed by atoms with van der Waals surface area (Å²) in [6, 6.07) is 0. The summed E-state index contributed by atoms with van der Waals surface area (Å²) in [7, 11) is 0. The molecule has 0 saturated carbocycles. The van der Waals surface area contributed by atoms with Gasteiger partial charge in [-0.2, -0.15) is 0 Å². The van der Waals surface area contributed by atoms with Crippen molar-refractivity contribution < 1.29 is 20.1 Å². The maximum Gasteiger partial charge on any atom is 0.336 e. The fourth-order valence-corrected chi connectivity index (χ4v) is 2.10. The third kappa shape index (κ3) is 3.43. The van der Waals surface area contributed by atoms with Gasteiger partial charge in [0.2, 0.25) is 0 Å². The van der Waals surface area contributed by atoms with Gasteiger partial charge in [-0.05, 0) is 45.7 Å². The van der Waals surface area contributed by atoms with E-state index in [1.54, 1.807) is 6.92 Å². The predicted octanol–water partition coefficient (Wildman–Crippen LogP) is -0.0852.